The highest BCUT2D eigenvalue weighted by Crippen LogP contribution is 2.53. The molecule has 6 aromatic carbocycles. The summed E-state index contributed by atoms with van der Waals surface area (Å²) in [6.07, 6.45) is -5.55. The maximum atomic E-state index is 16.6. The average Bonchev–Trinajstić information content (AvgIpc) is 3.23. The van der Waals surface area contributed by atoms with Gasteiger partial charge in [0.15, 0.2) is 63.1 Å². The number of rotatable bonds is 6. The lowest BCUT2D eigenvalue weighted by molar-refractivity contribution is 0.376. The van der Waals surface area contributed by atoms with Crippen molar-refractivity contribution in [3.05, 3.63) is 200 Å². The van der Waals surface area contributed by atoms with Crippen LogP contribution in [0.25, 0.3) is 15.3 Å². The Morgan fingerprint density at radius 3 is 1.16 bits per heavy atom. The van der Waals surface area contributed by atoms with E-state index >= 15 is 52.7 Å². The van der Waals surface area contributed by atoms with Crippen molar-refractivity contribution in [2.75, 3.05) is 0 Å². The molecular formula is C41H18BF15S. The second-order valence-corrected chi connectivity index (χ2v) is 14.9. The van der Waals surface area contributed by atoms with E-state index in [4.69, 9.17) is 0 Å². The van der Waals surface area contributed by atoms with Crippen LogP contribution < -0.4 is 10.9 Å². The molecule has 0 fully saturated rings. The lowest BCUT2D eigenvalue weighted by Gasteiger charge is -2.46. The summed E-state index contributed by atoms with van der Waals surface area (Å²) >= 11 is 0. The Morgan fingerprint density at radius 1 is 0.379 bits per heavy atom. The summed E-state index contributed by atoms with van der Waals surface area (Å²) in [4.78, 5) is -1.22. The largest absolute Gasteiger partial charge is 0.207 e. The van der Waals surface area contributed by atoms with Crippen LogP contribution in [0, 0.1) is 94.2 Å². The summed E-state index contributed by atoms with van der Waals surface area (Å²) in [7, 11) is -2.14. The van der Waals surface area contributed by atoms with Crippen LogP contribution >= 0.6 is 0 Å². The van der Waals surface area contributed by atoms with E-state index in [1.165, 1.54) is 72.8 Å². The van der Waals surface area contributed by atoms with Gasteiger partial charge in [-0.15, -0.1) is 16.4 Å². The van der Waals surface area contributed by atoms with E-state index in [2.05, 4.69) is 0 Å². The van der Waals surface area contributed by atoms with Crippen molar-refractivity contribution in [3.63, 3.8) is 0 Å². The molecule has 0 saturated carbocycles. The Balaban J connectivity index is 1.94. The summed E-state index contributed by atoms with van der Waals surface area (Å²) in [5.41, 5.74) is -8.84. The summed E-state index contributed by atoms with van der Waals surface area (Å²) in [6, 6.07) is 18.4. The Morgan fingerprint density at radius 2 is 0.741 bits per heavy atom. The van der Waals surface area contributed by atoms with E-state index in [1.54, 1.807) is 6.92 Å². The van der Waals surface area contributed by atoms with Crippen LogP contribution in [0.3, 0.4) is 0 Å². The van der Waals surface area contributed by atoms with Crippen LogP contribution in [0.1, 0.15) is 22.3 Å². The summed E-state index contributed by atoms with van der Waals surface area (Å²) < 4.78 is 237. The molecule has 0 spiro atoms. The molecule has 17 heteroatoms. The summed E-state index contributed by atoms with van der Waals surface area (Å²) in [5.74, 6) is -43.0. The van der Waals surface area contributed by atoms with Crippen molar-refractivity contribution in [1.29, 1.82) is 0 Å². The van der Waals surface area contributed by atoms with Crippen LogP contribution in [0.4, 0.5) is 65.9 Å². The van der Waals surface area contributed by atoms with Crippen LogP contribution in [-0.4, -0.2) is 6.15 Å². The van der Waals surface area contributed by atoms with Crippen molar-refractivity contribution < 1.29 is 65.9 Å². The zero-order valence-electron chi connectivity index (χ0n) is 28.8. The maximum Gasteiger partial charge on any atom is 0.200 e. The van der Waals surface area contributed by atoms with E-state index in [1.807, 2.05) is 0 Å². The van der Waals surface area contributed by atoms with E-state index in [0.717, 1.165) is 12.1 Å². The van der Waals surface area contributed by atoms with Gasteiger partial charge in [0.2, 0.25) is 5.82 Å². The molecule has 7 rings (SSSR count). The highest BCUT2D eigenvalue weighted by atomic mass is 32.2. The minimum atomic E-state index is -5.55. The van der Waals surface area contributed by atoms with Crippen molar-refractivity contribution in [2.45, 2.75) is 11.8 Å². The van der Waals surface area contributed by atoms with Crippen molar-refractivity contribution >= 4 is 43.2 Å². The van der Waals surface area contributed by atoms with Gasteiger partial charge >= 0.3 is 0 Å². The Labute approximate surface area is 320 Å². The zero-order chi connectivity index (χ0) is 42.1. The number of hydrogen-bond donors (Lipinski definition) is 0. The number of aryl methyl sites for hydroxylation is 1. The third kappa shape index (κ3) is 5.92. The first kappa shape index (κ1) is 40.4. The summed E-state index contributed by atoms with van der Waals surface area (Å²) in [5, 5.41) is 0. The molecule has 0 N–H and O–H groups in total. The van der Waals surface area contributed by atoms with Crippen molar-refractivity contribution in [2.24, 2.45) is 0 Å². The molecular weight excluding hydrogens is 820 g/mol. The molecule has 0 amide bonds. The smallest absolute Gasteiger partial charge is 0.200 e. The minimum Gasteiger partial charge on any atom is -0.207 e. The van der Waals surface area contributed by atoms with Gasteiger partial charge in [0.25, 0.3) is 0 Å². The predicted molar refractivity (Wildman–Crippen MR) is 188 cm³/mol. The molecule has 1 aliphatic rings. The van der Waals surface area contributed by atoms with Gasteiger partial charge in [-0.05, 0) is 31.2 Å². The van der Waals surface area contributed by atoms with E-state index in [0.29, 0.717) is 11.5 Å². The van der Waals surface area contributed by atoms with Crippen molar-refractivity contribution in [3.8, 4) is 0 Å². The second-order valence-electron chi connectivity index (χ2n) is 13.0. The highest BCUT2D eigenvalue weighted by molar-refractivity contribution is 8.14. The molecule has 6 aromatic rings. The van der Waals surface area contributed by atoms with Gasteiger partial charge in [-0.25, -0.2) is 65.9 Å². The molecule has 0 aromatic heterocycles. The second kappa shape index (κ2) is 14.8. The molecule has 0 nitrogen and oxygen atoms in total. The lowest BCUT2D eigenvalue weighted by Crippen LogP contribution is -2.65. The van der Waals surface area contributed by atoms with Gasteiger partial charge in [0.05, 0.1) is 10.9 Å². The fourth-order valence-corrected chi connectivity index (χ4v) is 9.96. The SMILES string of the molecule is Cc1ccc(C2=C[B-](c3c(F)c(F)c(F)c(F)c3F)(c3c(F)c(F)c(F)c(F)c3F)C(c3c(F)c(F)c(F)c(F)c3F)=C(c3ccccc3)[S+]2c2ccccc2)cc1. The first-order valence-corrected chi connectivity index (χ1v) is 17.8. The van der Waals surface area contributed by atoms with Gasteiger partial charge in [-0.1, -0.05) is 66.2 Å². The maximum absolute atomic E-state index is 16.6. The fraction of sp³-hybridized carbons (Fsp3) is 0.0244. The molecule has 0 bridgehead atoms. The van der Waals surface area contributed by atoms with Gasteiger partial charge in [0, 0.05) is 16.7 Å². The molecule has 1 heterocycles. The van der Waals surface area contributed by atoms with Gasteiger partial charge in [-0.3, -0.25) is 0 Å². The number of benzene rings is 6. The topological polar surface area (TPSA) is 0 Å². The number of halogens is 15. The Hall–Kier alpha value is -5.84. The minimum absolute atomic E-state index is 0.0498. The predicted octanol–water partition coefficient (Wildman–Crippen LogP) is 11.0. The van der Waals surface area contributed by atoms with Crippen LogP contribution in [0.15, 0.2) is 95.8 Å². The van der Waals surface area contributed by atoms with Crippen LogP contribution in [-0.2, 0) is 10.9 Å². The highest BCUT2D eigenvalue weighted by Gasteiger charge is 2.54. The molecule has 0 saturated heterocycles. The molecule has 0 aliphatic carbocycles. The molecule has 1 unspecified atom stereocenters. The van der Waals surface area contributed by atoms with Gasteiger partial charge in [0.1, 0.15) is 39.2 Å². The monoisotopic (exact) mass is 838 g/mol. The molecule has 0 radical (unpaired) electrons. The molecule has 1 aliphatic heterocycles. The van der Waals surface area contributed by atoms with E-state index < -0.39 is 136 Å². The third-order valence-electron chi connectivity index (χ3n) is 9.75. The number of hydrogen-bond acceptors (Lipinski definition) is 0. The fourth-order valence-electron chi connectivity index (χ4n) is 7.23. The van der Waals surface area contributed by atoms with Gasteiger partial charge < -0.3 is 0 Å². The normalized spacial score (nSPS) is 15.2. The third-order valence-corrected chi connectivity index (χ3v) is 12.2. The molecule has 58 heavy (non-hydrogen) atoms. The van der Waals surface area contributed by atoms with Crippen molar-refractivity contribution in [1.82, 2.24) is 0 Å². The van der Waals surface area contributed by atoms with Gasteiger partial charge in [-0.2, -0.15) is 5.98 Å². The van der Waals surface area contributed by atoms with Crippen LogP contribution in [0.5, 0.6) is 0 Å². The first-order chi connectivity index (χ1) is 27.5. The van der Waals surface area contributed by atoms with E-state index in [-0.39, 0.29) is 16.0 Å². The Bertz CT molecular complexity index is 2580. The first-order valence-electron chi connectivity index (χ1n) is 16.6. The lowest BCUT2D eigenvalue weighted by atomic mass is 9.14. The van der Waals surface area contributed by atoms with E-state index in [9.17, 15) is 13.2 Å². The Kier molecular flexibility index (Phi) is 10.3. The summed E-state index contributed by atoms with van der Waals surface area (Å²) in [6.45, 7) is 1.59. The quantitative estimate of drug-likeness (QED) is 0.0515. The van der Waals surface area contributed by atoms with Crippen LogP contribution in [0.2, 0.25) is 0 Å². The molecule has 296 valence electrons. The standard InChI is InChI=1S/C41H18BF15S/c1-17-12-14-18(15-13-17)21-16-42(24-28(45)34(51)39(56)35(52)29(24)46,25-30(47)36(53)40(57)37(54)31(25)48)23(22-26(43)32(49)38(55)33(50)27(22)44)41(19-8-4-2-5-9-19)58(21)20-10-6-3-7-11-20/h2-16H,1H3. The zero-order valence-corrected chi connectivity index (χ0v) is 29.6. The average molecular weight is 838 g/mol. The molecule has 1 atom stereocenters.